The summed E-state index contributed by atoms with van der Waals surface area (Å²) in [5.41, 5.74) is 2.49. The molecule has 0 atom stereocenters. The van der Waals surface area contributed by atoms with Gasteiger partial charge in [-0.15, -0.1) is 0 Å². The summed E-state index contributed by atoms with van der Waals surface area (Å²) in [6.45, 7) is -0.563. The number of nitrogens with zero attached hydrogens (tertiary/aromatic N) is 2. The molecule has 7 heteroatoms. The van der Waals surface area contributed by atoms with Crippen molar-refractivity contribution in [2.24, 2.45) is 0 Å². The molecule has 0 radical (unpaired) electrons. The Balaban J connectivity index is 1.83. The smallest absolute Gasteiger partial charge is 0.339 e. The van der Waals surface area contributed by atoms with Crippen molar-refractivity contribution in [3.63, 3.8) is 0 Å². The van der Waals surface area contributed by atoms with Gasteiger partial charge in [0.2, 0.25) is 5.91 Å². The van der Waals surface area contributed by atoms with Gasteiger partial charge in [0.15, 0.2) is 6.61 Å². The highest BCUT2D eigenvalue weighted by Gasteiger charge is 2.18. The largest absolute Gasteiger partial charge is 0.452 e. The monoisotopic (exact) mass is 391 g/mol. The molecular formula is C22H21N3O4. The molecule has 0 spiro atoms. The van der Waals surface area contributed by atoms with Gasteiger partial charge in [-0.2, -0.15) is 0 Å². The first kappa shape index (κ1) is 20.0. The Kier molecular flexibility index (Phi) is 6.19. The summed E-state index contributed by atoms with van der Waals surface area (Å²) in [5, 5.41) is 3.08. The number of benzene rings is 2. The Morgan fingerprint density at radius 1 is 1.03 bits per heavy atom. The second-order valence-corrected chi connectivity index (χ2v) is 6.44. The number of amides is 2. The highest BCUT2D eigenvalue weighted by molar-refractivity contribution is 6.05. The van der Waals surface area contributed by atoms with Crippen molar-refractivity contribution in [1.29, 1.82) is 0 Å². The van der Waals surface area contributed by atoms with Gasteiger partial charge in [-0.05, 0) is 12.1 Å². The Bertz CT molecular complexity index is 1050. The molecule has 2 amide bonds. The highest BCUT2D eigenvalue weighted by atomic mass is 16.5. The third-order valence-corrected chi connectivity index (χ3v) is 4.42. The standard InChI is InChI=1S/C22H21N3O4/c1-23-20(26)13-25(2)21(27)14-29-22(28)17-12-19(15-8-4-3-5-9-15)24-18-11-7-6-10-16(17)18/h3-12H,13-14H2,1-2H3,(H,23,26). The van der Waals surface area contributed by atoms with Crippen LogP contribution in [0.25, 0.3) is 22.2 Å². The Morgan fingerprint density at radius 3 is 2.45 bits per heavy atom. The van der Waals surface area contributed by atoms with Crippen LogP contribution in [0.2, 0.25) is 0 Å². The molecule has 1 aromatic heterocycles. The second kappa shape index (κ2) is 8.97. The van der Waals surface area contributed by atoms with Crippen molar-refractivity contribution < 1.29 is 19.1 Å². The van der Waals surface area contributed by atoms with Gasteiger partial charge >= 0.3 is 5.97 Å². The van der Waals surface area contributed by atoms with E-state index in [9.17, 15) is 14.4 Å². The number of esters is 1. The van der Waals surface area contributed by atoms with Gasteiger partial charge in [-0.3, -0.25) is 9.59 Å². The van der Waals surface area contributed by atoms with Crippen LogP contribution in [0.3, 0.4) is 0 Å². The number of hydrogen-bond acceptors (Lipinski definition) is 5. The third kappa shape index (κ3) is 4.76. The minimum atomic E-state index is -0.623. The average Bonchev–Trinajstić information content (AvgIpc) is 2.76. The maximum Gasteiger partial charge on any atom is 0.339 e. The SMILES string of the molecule is CNC(=O)CN(C)C(=O)COC(=O)c1cc(-c2ccccc2)nc2ccccc12. The molecule has 0 saturated carbocycles. The number of likely N-dealkylation sites (N-methyl/N-ethyl adjacent to an activating group) is 2. The summed E-state index contributed by atoms with van der Waals surface area (Å²) in [6.07, 6.45) is 0. The lowest BCUT2D eigenvalue weighted by Gasteiger charge is -2.16. The first-order chi connectivity index (χ1) is 14.0. The van der Waals surface area contributed by atoms with E-state index in [2.05, 4.69) is 10.3 Å². The number of aromatic nitrogens is 1. The predicted octanol–water partition coefficient (Wildman–Crippen LogP) is 2.26. The van der Waals surface area contributed by atoms with E-state index in [0.29, 0.717) is 22.2 Å². The predicted molar refractivity (Wildman–Crippen MR) is 109 cm³/mol. The molecule has 148 valence electrons. The van der Waals surface area contributed by atoms with Crippen LogP contribution in [0.1, 0.15) is 10.4 Å². The molecule has 3 aromatic rings. The van der Waals surface area contributed by atoms with Crippen molar-refractivity contribution in [3.05, 3.63) is 66.2 Å². The number of hydrogen-bond donors (Lipinski definition) is 1. The molecule has 0 aliphatic rings. The van der Waals surface area contributed by atoms with Gasteiger partial charge < -0.3 is 15.0 Å². The van der Waals surface area contributed by atoms with Crippen LogP contribution >= 0.6 is 0 Å². The van der Waals surface area contributed by atoms with Crippen LogP contribution in [0.4, 0.5) is 0 Å². The maximum absolute atomic E-state index is 12.7. The molecule has 1 N–H and O–H groups in total. The molecule has 0 aliphatic carbocycles. The van der Waals surface area contributed by atoms with Crippen molar-refractivity contribution in [1.82, 2.24) is 15.2 Å². The number of carbonyl (C=O) groups excluding carboxylic acids is 3. The number of ether oxygens (including phenoxy) is 1. The fourth-order valence-corrected chi connectivity index (χ4v) is 2.80. The van der Waals surface area contributed by atoms with Gasteiger partial charge in [-0.1, -0.05) is 48.5 Å². The summed E-state index contributed by atoms with van der Waals surface area (Å²) >= 11 is 0. The van der Waals surface area contributed by atoms with Gasteiger partial charge in [0.05, 0.1) is 23.3 Å². The quantitative estimate of drug-likeness (QED) is 0.651. The fraction of sp³-hybridized carbons (Fsp3) is 0.182. The minimum Gasteiger partial charge on any atom is -0.452 e. The molecule has 1 heterocycles. The van der Waals surface area contributed by atoms with Crippen LogP contribution < -0.4 is 5.32 Å². The second-order valence-electron chi connectivity index (χ2n) is 6.44. The van der Waals surface area contributed by atoms with Crippen molar-refractivity contribution in [2.75, 3.05) is 27.2 Å². The van der Waals surface area contributed by atoms with Crippen LogP contribution in [0.5, 0.6) is 0 Å². The number of carbonyl (C=O) groups is 3. The molecule has 3 rings (SSSR count). The number of rotatable bonds is 6. The number of pyridine rings is 1. The third-order valence-electron chi connectivity index (χ3n) is 4.42. The van der Waals surface area contributed by atoms with E-state index < -0.39 is 18.5 Å². The van der Waals surface area contributed by atoms with Gasteiger partial charge in [0, 0.05) is 25.0 Å². The van der Waals surface area contributed by atoms with Crippen LogP contribution in [0, 0.1) is 0 Å². The van der Waals surface area contributed by atoms with E-state index in [0.717, 1.165) is 5.56 Å². The summed E-state index contributed by atoms with van der Waals surface area (Å²) in [5.74, 6) is -1.40. The number of para-hydroxylation sites is 1. The molecule has 0 aliphatic heterocycles. The maximum atomic E-state index is 12.7. The Morgan fingerprint density at radius 2 is 1.72 bits per heavy atom. The first-order valence-corrected chi connectivity index (χ1v) is 9.06. The van der Waals surface area contributed by atoms with Crippen molar-refractivity contribution >= 4 is 28.7 Å². The van der Waals surface area contributed by atoms with Crippen LogP contribution in [0.15, 0.2) is 60.7 Å². The van der Waals surface area contributed by atoms with E-state index in [1.165, 1.54) is 19.0 Å². The lowest BCUT2D eigenvalue weighted by molar-refractivity contribution is -0.137. The van der Waals surface area contributed by atoms with E-state index in [1.807, 2.05) is 48.5 Å². The van der Waals surface area contributed by atoms with E-state index in [4.69, 9.17) is 4.74 Å². The lowest BCUT2D eigenvalue weighted by Crippen LogP contribution is -2.39. The lowest BCUT2D eigenvalue weighted by atomic mass is 10.0. The van der Waals surface area contributed by atoms with Crippen molar-refractivity contribution in [2.45, 2.75) is 0 Å². The summed E-state index contributed by atoms with van der Waals surface area (Å²) in [4.78, 5) is 42.1. The molecular weight excluding hydrogens is 370 g/mol. The first-order valence-electron chi connectivity index (χ1n) is 9.06. The number of fused-ring (bicyclic) bond motifs is 1. The molecule has 0 saturated heterocycles. The summed E-state index contributed by atoms with van der Waals surface area (Å²) < 4.78 is 5.24. The van der Waals surface area contributed by atoms with Crippen LogP contribution in [-0.2, 0) is 14.3 Å². The van der Waals surface area contributed by atoms with Gasteiger partial charge in [0.25, 0.3) is 5.91 Å². The number of nitrogens with one attached hydrogen (secondary N) is 1. The van der Waals surface area contributed by atoms with E-state index in [1.54, 1.807) is 12.1 Å². The zero-order chi connectivity index (χ0) is 20.8. The fourth-order valence-electron chi connectivity index (χ4n) is 2.80. The van der Waals surface area contributed by atoms with Crippen LogP contribution in [-0.4, -0.2) is 54.9 Å². The molecule has 0 bridgehead atoms. The minimum absolute atomic E-state index is 0.108. The average molecular weight is 391 g/mol. The molecule has 7 nitrogen and oxygen atoms in total. The zero-order valence-corrected chi connectivity index (χ0v) is 16.2. The van der Waals surface area contributed by atoms with Crippen molar-refractivity contribution in [3.8, 4) is 11.3 Å². The van der Waals surface area contributed by atoms with Gasteiger partial charge in [-0.25, -0.2) is 9.78 Å². The Labute approximate surface area is 168 Å². The van der Waals surface area contributed by atoms with E-state index >= 15 is 0 Å². The molecule has 0 fully saturated rings. The topological polar surface area (TPSA) is 88.6 Å². The molecule has 29 heavy (non-hydrogen) atoms. The normalized spacial score (nSPS) is 10.4. The highest BCUT2D eigenvalue weighted by Crippen LogP contribution is 2.25. The summed E-state index contributed by atoms with van der Waals surface area (Å²) in [7, 11) is 2.96. The van der Waals surface area contributed by atoms with Gasteiger partial charge in [0.1, 0.15) is 0 Å². The summed E-state index contributed by atoms with van der Waals surface area (Å²) in [6, 6.07) is 18.4. The zero-order valence-electron chi connectivity index (χ0n) is 16.2. The molecule has 2 aromatic carbocycles. The van der Waals surface area contributed by atoms with E-state index in [-0.39, 0.29) is 12.5 Å². The molecule has 0 unspecified atom stereocenters. The Hall–Kier alpha value is -3.74.